The molecule has 6 heteroatoms. The molecule has 2 rings (SSSR count). The van der Waals surface area contributed by atoms with E-state index in [2.05, 4.69) is 10.5 Å². The van der Waals surface area contributed by atoms with Crippen molar-refractivity contribution < 1.29 is 20.1 Å². The molecule has 0 bridgehead atoms. The summed E-state index contributed by atoms with van der Waals surface area (Å²) in [5.74, 6) is -2.45. The first-order valence-electron chi connectivity index (χ1n) is 6.13. The third-order valence-corrected chi connectivity index (χ3v) is 2.89. The van der Waals surface area contributed by atoms with Gasteiger partial charge in [0.15, 0.2) is 17.2 Å². The Kier molecular flexibility index (Phi) is 4.08. The molecule has 0 aliphatic rings. The normalized spacial score (nSPS) is 10.7. The van der Waals surface area contributed by atoms with Crippen molar-refractivity contribution in [3.8, 4) is 17.2 Å². The van der Waals surface area contributed by atoms with Gasteiger partial charge >= 0.3 is 0 Å². The molecule has 0 spiro atoms. The second-order valence-corrected chi connectivity index (χ2v) is 4.42. The minimum Gasteiger partial charge on any atom is -0.504 e. The Bertz CT molecular complexity index is 688. The van der Waals surface area contributed by atoms with Crippen LogP contribution < -0.4 is 5.43 Å². The van der Waals surface area contributed by atoms with E-state index in [0.717, 1.165) is 23.3 Å². The fourth-order valence-corrected chi connectivity index (χ4v) is 1.69. The maximum absolute atomic E-state index is 11.8. The molecule has 6 nitrogen and oxygen atoms in total. The number of phenols is 3. The summed E-state index contributed by atoms with van der Waals surface area (Å²) in [7, 11) is 0. The summed E-state index contributed by atoms with van der Waals surface area (Å²) < 4.78 is 0. The van der Waals surface area contributed by atoms with Gasteiger partial charge < -0.3 is 15.3 Å². The van der Waals surface area contributed by atoms with Crippen molar-refractivity contribution in [1.29, 1.82) is 0 Å². The van der Waals surface area contributed by atoms with Crippen LogP contribution >= 0.6 is 0 Å². The van der Waals surface area contributed by atoms with Gasteiger partial charge in [-0.15, -0.1) is 0 Å². The van der Waals surface area contributed by atoms with Crippen molar-refractivity contribution in [2.24, 2.45) is 5.10 Å². The molecule has 0 unspecified atom stereocenters. The topological polar surface area (TPSA) is 102 Å². The number of nitrogens with one attached hydrogen (secondary N) is 1. The highest BCUT2D eigenvalue weighted by Gasteiger charge is 2.12. The van der Waals surface area contributed by atoms with Gasteiger partial charge in [-0.1, -0.05) is 24.3 Å². The molecule has 0 atom stereocenters. The molecule has 0 heterocycles. The third kappa shape index (κ3) is 3.30. The van der Waals surface area contributed by atoms with Crippen LogP contribution in [0.3, 0.4) is 0 Å². The van der Waals surface area contributed by atoms with Crippen LogP contribution in [0.15, 0.2) is 41.5 Å². The highest BCUT2D eigenvalue weighted by atomic mass is 16.3. The van der Waals surface area contributed by atoms with Gasteiger partial charge in [0.2, 0.25) is 0 Å². The number of aromatic hydroxyl groups is 3. The molecule has 4 N–H and O–H groups in total. The van der Waals surface area contributed by atoms with Crippen LogP contribution in [0.1, 0.15) is 21.5 Å². The molecule has 0 fully saturated rings. The van der Waals surface area contributed by atoms with Crippen LogP contribution in [-0.4, -0.2) is 27.4 Å². The summed E-state index contributed by atoms with van der Waals surface area (Å²) >= 11 is 0. The molecule has 0 aromatic heterocycles. The van der Waals surface area contributed by atoms with E-state index in [1.54, 1.807) is 0 Å². The summed E-state index contributed by atoms with van der Waals surface area (Å²) in [6.07, 6.45) is 1.49. The lowest BCUT2D eigenvalue weighted by Gasteiger charge is -2.04. The third-order valence-electron chi connectivity index (χ3n) is 2.89. The van der Waals surface area contributed by atoms with Crippen LogP contribution in [-0.2, 0) is 0 Å². The zero-order chi connectivity index (χ0) is 15.4. The monoisotopic (exact) mass is 286 g/mol. The molecule has 0 saturated carbocycles. The number of phenolic OH excluding ortho intramolecular Hbond substituents is 3. The molecular formula is C15H14N2O4. The van der Waals surface area contributed by atoms with E-state index >= 15 is 0 Å². The minimum absolute atomic E-state index is 0.0234. The van der Waals surface area contributed by atoms with Gasteiger partial charge in [-0.05, 0) is 30.2 Å². The first-order chi connectivity index (χ1) is 9.99. The Morgan fingerprint density at radius 3 is 2.38 bits per heavy atom. The van der Waals surface area contributed by atoms with Gasteiger partial charge in [-0.2, -0.15) is 5.10 Å². The standard InChI is InChI=1S/C15H14N2O4/c1-9-4-2-3-5-10(9)8-16-17-15(21)11-6-12(18)14(20)13(19)7-11/h2-8,18-20H,1H3,(H,17,21). The second-order valence-electron chi connectivity index (χ2n) is 4.42. The highest BCUT2D eigenvalue weighted by molar-refractivity contribution is 5.96. The van der Waals surface area contributed by atoms with Gasteiger partial charge in [0, 0.05) is 5.56 Å². The summed E-state index contributed by atoms with van der Waals surface area (Å²) in [5.41, 5.74) is 4.12. The number of carbonyl (C=O) groups is 1. The molecular weight excluding hydrogens is 272 g/mol. The largest absolute Gasteiger partial charge is 0.504 e. The molecule has 0 aliphatic heterocycles. The highest BCUT2D eigenvalue weighted by Crippen LogP contribution is 2.35. The van der Waals surface area contributed by atoms with Crippen LogP contribution in [0.4, 0.5) is 0 Å². The quantitative estimate of drug-likeness (QED) is 0.393. The number of hydrogen-bond acceptors (Lipinski definition) is 5. The molecule has 0 radical (unpaired) electrons. The lowest BCUT2D eigenvalue weighted by Crippen LogP contribution is -2.17. The molecule has 2 aromatic carbocycles. The Morgan fingerprint density at radius 2 is 1.76 bits per heavy atom. The summed E-state index contributed by atoms with van der Waals surface area (Å²) in [6, 6.07) is 9.59. The fraction of sp³-hybridized carbons (Fsp3) is 0.0667. The molecule has 21 heavy (non-hydrogen) atoms. The molecule has 1 amide bonds. The number of carbonyl (C=O) groups excluding carboxylic acids is 1. The SMILES string of the molecule is Cc1ccccc1C=NNC(=O)c1cc(O)c(O)c(O)c1. The summed E-state index contributed by atoms with van der Waals surface area (Å²) in [5, 5.41) is 31.7. The van der Waals surface area contributed by atoms with Gasteiger partial charge in [0.25, 0.3) is 5.91 Å². The van der Waals surface area contributed by atoms with E-state index in [0.29, 0.717) is 0 Å². The number of nitrogens with zero attached hydrogens (tertiary/aromatic N) is 1. The van der Waals surface area contributed by atoms with Gasteiger partial charge in [-0.3, -0.25) is 4.79 Å². The van der Waals surface area contributed by atoms with E-state index in [9.17, 15) is 20.1 Å². The number of aryl methyl sites for hydroxylation is 1. The van der Waals surface area contributed by atoms with Crippen molar-refractivity contribution in [2.45, 2.75) is 6.92 Å². The van der Waals surface area contributed by atoms with Gasteiger partial charge in [-0.25, -0.2) is 5.43 Å². The maximum Gasteiger partial charge on any atom is 0.271 e. The zero-order valence-electron chi connectivity index (χ0n) is 11.2. The average molecular weight is 286 g/mol. The van der Waals surface area contributed by atoms with Crippen molar-refractivity contribution >= 4 is 12.1 Å². The molecule has 108 valence electrons. The Labute approximate surface area is 121 Å². The number of amides is 1. The number of hydrogen-bond donors (Lipinski definition) is 4. The second kappa shape index (κ2) is 5.96. The maximum atomic E-state index is 11.8. The van der Waals surface area contributed by atoms with E-state index in [1.807, 2.05) is 31.2 Å². The lowest BCUT2D eigenvalue weighted by molar-refractivity contribution is 0.0954. The molecule has 2 aromatic rings. The van der Waals surface area contributed by atoms with Gasteiger partial charge in [0.05, 0.1) is 6.21 Å². The number of benzene rings is 2. The molecule has 0 saturated heterocycles. The first-order valence-corrected chi connectivity index (χ1v) is 6.13. The van der Waals surface area contributed by atoms with Crippen LogP contribution in [0.25, 0.3) is 0 Å². The first kappa shape index (κ1) is 14.4. The van der Waals surface area contributed by atoms with Crippen molar-refractivity contribution in [3.63, 3.8) is 0 Å². The lowest BCUT2D eigenvalue weighted by atomic mass is 10.1. The van der Waals surface area contributed by atoms with E-state index in [1.165, 1.54) is 6.21 Å². The van der Waals surface area contributed by atoms with Crippen molar-refractivity contribution in [3.05, 3.63) is 53.1 Å². The minimum atomic E-state index is -0.671. The fourth-order valence-electron chi connectivity index (χ4n) is 1.69. The van der Waals surface area contributed by atoms with Crippen molar-refractivity contribution in [1.82, 2.24) is 5.43 Å². The van der Waals surface area contributed by atoms with Crippen LogP contribution in [0, 0.1) is 6.92 Å². The van der Waals surface area contributed by atoms with Gasteiger partial charge in [0.1, 0.15) is 0 Å². The number of hydrazone groups is 1. The van der Waals surface area contributed by atoms with E-state index < -0.39 is 23.2 Å². The van der Waals surface area contributed by atoms with Crippen LogP contribution in [0.2, 0.25) is 0 Å². The van der Waals surface area contributed by atoms with E-state index in [-0.39, 0.29) is 5.56 Å². The Morgan fingerprint density at radius 1 is 1.14 bits per heavy atom. The summed E-state index contributed by atoms with van der Waals surface area (Å²) in [6.45, 7) is 1.92. The zero-order valence-corrected chi connectivity index (χ0v) is 11.2. The average Bonchev–Trinajstić information content (AvgIpc) is 2.46. The van der Waals surface area contributed by atoms with Crippen molar-refractivity contribution in [2.75, 3.05) is 0 Å². The predicted octanol–water partition coefficient (Wildman–Crippen LogP) is 1.88. The molecule has 0 aliphatic carbocycles. The smallest absolute Gasteiger partial charge is 0.271 e. The summed E-state index contributed by atoms with van der Waals surface area (Å²) in [4.78, 5) is 11.8. The Balaban J connectivity index is 2.11. The Hall–Kier alpha value is -3.02. The predicted molar refractivity (Wildman–Crippen MR) is 77.7 cm³/mol. The van der Waals surface area contributed by atoms with Crippen LogP contribution in [0.5, 0.6) is 17.2 Å². The van der Waals surface area contributed by atoms with E-state index in [4.69, 9.17) is 0 Å². The number of rotatable bonds is 3.